The zero-order valence-corrected chi connectivity index (χ0v) is 17.0. The van der Waals surface area contributed by atoms with Crippen LogP contribution in [0.2, 0.25) is 0 Å². The van der Waals surface area contributed by atoms with Gasteiger partial charge in [0, 0.05) is 10.6 Å². The highest BCUT2D eigenvalue weighted by Gasteiger charge is 2.32. The average molecular weight is 420 g/mol. The number of hydrogen-bond acceptors (Lipinski definition) is 6. The van der Waals surface area contributed by atoms with Gasteiger partial charge in [-0.25, -0.2) is 0 Å². The maximum Gasteiger partial charge on any atom is 0.251 e. The van der Waals surface area contributed by atoms with Gasteiger partial charge in [0.2, 0.25) is 5.82 Å². The molecule has 5 rings (SSSR count). The van der Waals surface area contributed by atoms with Gasteiger partial charge in [-0.15, -0.1) is 33.3 Å². The number of carbonyl (C=O) groups is 1. The predicted octanol–water partition coefficient (Wildman–Crippen LogP) is 4.28. The molecule has 2 aromatic carbocycles. The van der Waals surface area contributed by atoms with E-state index in [1.165, 1.54) is 4.80 Å². The van der Waals surface area contributed by atoms with E-state index < -0.39 is 0 Å². The Balaban J connectivity index is 1.46. The van der Waals surface area contributed by atoms with Crippen LogP contribution in [-0.4, -0.2) is 31.9 Å². The van der Waals surface area contributed by atoms with Crippen LogP contribution in [-0.2, 0) is 11.3 Å². The molecule has 29 heavy (non-hydrogen) atoms. The highest BCUT2D eigenvalue weighted by atomic mass is 32.2. The molecule has 8 heteroatoms. The molecule has 0 saturated carbocycles. The fourth-order valence-corrected chi connectivity index (χ4v) is 5.25. The van der Waals surface area contributed by atoms with Crippen LogP contribution in [0, 0.1) is 0 Å². The Bertz CT molecular complexity index is 1130. The number of hydrogen-bond donors (Lipinski definition) is 0. The van der Waals surface area contributed by atoms with Crippen LogP contribution < -0.4 is 4.90 Å². The van der Waals surface area contributed by atoms with Gasteiger partial charge in [-0.2, -0.15) is 4.80 Å². The van der Waals surface area contributed by atoms with Crippen LogP contribution in [0.1, 0.15) is 11.6 Å². The van der Waals surface area contributed by atoms with Crippen molar-refractivity contribution in [2.75, 3.05) is 10.7 Å². The van der Waals surface area contributed by atoms with Gasteiger partial charge in [0.05, 0.1) is 16.6 Å². The minimum Gasteiger partial charge on any atom is -0.301 e. The molecule has 1 atom stereocenters. The van der Waals surface area contributed by atoms with Gasteiger partial charge in [-0.05, 0) is 34.4 Å². The molecule has 1 amide bonds. The molecule has 6 nitrogen and oxygen atoms in total. The van der Waals surface area contributed by atoms with Crippen molar-refractivity contribution in [2.24, 2.45) is 0 Å². The second kappa shape index (κ2) is 7.81. The number of nitrogens with zero attached hydrogens (tertiary/aromatic N) is 5. The minimum absolute atomic E-state index is 0.0381. The van der Waals surface area contributed by atoms with E-state index >= 15 is 0 Å². The molecule has 0 fully saturated rings. The molecule has 3 heterocycles. The number of rotatable bonds is 4. The summed E-state index contributed by atoms with van der Waals surface area (Å²) < 4.78 is 0. The lowest BCUT2D eigenvalue weighted by molar-refractivity contribution is -0.120. The summed E-state index contributed by atoms with van der Waals surface area (Å²) in [6, 6.07) is 22.0. The van der Waals surface area contributed by atoms with Crippen molar-refractivity contribution in [1.29, 1.82) is 0 Å². The summed E-state index contributed by atoms with van der Waals surface area (Å²) in [5.74, 6) is 1.29. The molecular weight excluding hydrogens is 402 g/mol. The van der Waals surface area contributed by atoms with Gasteiger partial charge < -0.3 is 4.90 Å². The molecule has 144 valence electrons. The minimum atomic E-state index is -0.0540. The summed E-state index contributed by atoms with van der Waals surface area (Å²) in [6.07, 6.45) is 0. The molecule has 0 unspecified atom stereocenters. The van der Waals surface area contributed by atoms with Crippen LogP contribution in [0.15, 0.2) is 77.0 Å². The first-order valence-corrected chi connectivity index (χ1v) is 11.1. The summed E-state index contributed by atoms with van der Waals surface area (Å²) >= 11 is 3.33. The molecule has 2 aromatic heterocycles. The van der Waals surface area contributed by atoms with Gasteiger partial charge in [-0.1, -0.05) is 48.5 Å². The van der Waals surface area contributed by atoms with Crippen molar-refractivity contribution in [1.82, 2.24) is 20.2 Å². The fraction of sp³-hybridized carbons (Fsp3) is 0.143. The van der Waals surface area contributed by atoms with Crippen LogP contribution >= 0.6 is 23.1 Å². The SMILES string of the molecule is O=C(Cn1nnc(-c2cccs2)n1)N1c2ccccc2SC[C@@H]1c1ccccc1. The second-order valence-electron chi connectivity index (χ2n) is 6.59. The Labute approximate surface area is 176 Å². The molecule has 0 radical (unpaired) electrons. The molecule has 1 aliphatic rings. The normalized spacial score (nSPS) is 15.9. The van der Waals surface area contributed by atoms with E-state index in [1.54, 1.807) is 23.1 Å². The lowest BCUT2D eigenvalue weighted by Gasteiger charge is -2.37. The number of para-hydroxylation sites is 1. The van der Waals surface area contributed by atoms with Gasteiger partial charge in [0.1, 0.15) is 6.54 Å². The first-order chi connectivity index (χ1) is 14.3. The molecule has 0 bridgehead atoms. The van der Waals surface area contributed by atoms with E-state index in [9.17, 15) is 4.79 Å². The monoisotopic (exact) mass is 419 g/mol. The Morgan fingerprint density at radius 2 is 1.86 bits per heavy atom. The average Bonchev–Trinajstić information content (AvgIpc) is 3.45. The maximum atomic E-state index is 13.4. The van der Waals surface area contributed by atoms with Crippen molar-refractivity contribution in [3.63, 3.8) is 0 Å². The van der Waals surface area contributed by atoms with Crippen LogP contribution in [0.5, 0.6) is 0 Å². The Morgan fingerprint density at radius 3 is 2.69 bits per heavy atom. The predicted molar refractivity (Wildman–Crippen MR) is 115 cm³/mol. The van der Waals surface area contributed by atoms with Gasteiger partial charge in [0.25, 0.3) is 5.91 Å². The molecule has 0 spiro atoms. The van der Waals surface area contributed by atoms with Crippen LogP contribution in [0.4, 0.5) is 5.69 Å². The molecule has 0 saturated heterocycles. The maximum absolute atomic E-state index is 13.4. The van der Waals surface area contributed by atoms with Gasteiger partial charge in [-0.3, -0.25) is 4.79 Å². The van der Waals surface area contributed by atoms with Gasteiger partial charge >= 0.3 is 0 Å². The number of amides is 1. The number of thioether (sulfide) groups is 1. The van der Waals surface area contributed by atoms with E-state index in [1.807, 2.05) is 58.8 Å². The summed E-state index contributed by atoms with van der Waals surface area (Å²) in [7, 11) is 0. The molecule has 4 aromatic rings. The van der Waals surface area contributed by atoms with Crippen LogP contribution in [0.3, 0.4) is 0 Å². The summed E-state index contributed by atoms with van der Waals surface area (Å²) in [6.45, 7) is 0.0424. The number of benzene rings is 2. The van der Waals surface area contributed by atoms with E-state index in [0.29, 0.717) is 5.82 Å². The van der Waals surface area contributed by atoms with E-state index in [2.05, 4.69) is 33.6 Å². The molecular formula is C21H17N5OS2. The van der Waals surface area contributed by atoms with E-state index in [4.69, 9.17) is 0 Å². The topological polar surface area (TPSA) is 63.9 Å². The van der Waals surface area contributed by atoms with Crippen molar-refractivity contribution in [3.8, 4) is 10.7 Å². The number of tetrazole rings is 1. The number of anilines is 1. The van der Waals surface area contributed by atoms with Crippen molar-refractivity contribution < 1.29 is 4.79 Å². The molecule has 0 N–H and O–H groups in total. The molecule has 1 aliphatic heterocycles. The lowest BCUT2D eigenvalue weighted by Crippen LogP contribution is -2.40. The Kier molecular flexibility index (Phi) is 4.87. The van der Waals surface area contributed by atoms with E-state index in [-0.39, 0.29) is 18.5 Å². The quantitative estimate of drug-likeness (QED) is 0.494. The number of aromatic nitrogens is 4. The van der Waals surface area contributed by atoms with Crippen molar-refractivity contribution >= 4 is 34.7 Å². The lowest BCUT2D eigenvalue weighted by atomic mass is 10.1. The third-order valence-electron chi connectivity index (χ3n) is 4.76. The van der Waals surface area contributed by atoms with Gasteiger partial charge in [0.15, 0.2) is 0 Å². The highest BCUT2D eigenvalue weighted by molar-refractivity contribution is 7.99. The second-order valence-corrected chi connectivity index (χ2v) is 8.60. The third kappa shape index (κ3) is 3.56. The van der Waals surface area contributed by atoms with Crippen molar-refractivity contribution in [3.05, 3.63) is 77.7 Å². The van der Waals surface area contributed by atoms with Crippen LogP contribution in [0.25, 0.3) is 10.7 Å². The molecule has 0 aliphatic carbocycles. The zero-order chi connectivity index (χ0) is 19.6. The first kappa shape index (κ1) is 18.1. The summed E-state index contributed by atoms with van der Waals surface area (Å²) in [5.41, 5.74) is 2.05. The largest absolute Gasteiger partial charge is 0.301 e. The number of fused-ring (bicyclic) bond motifs is 1. The first-order valence-electron chi connectivity index (χ1n) is 9.20. The third-order valence-corrected chi connectivity index (χ3v) is 6.76. The number of thiophene rings is 1. The Hall–Kier alpha value is -2.97. The smallest absolute Gasteiger partial charge is 0.251 e. The van der Waals surface area contributed by atoms with E-state index in [0.717, 1.165) is 26.8 Å². The summed E-state index contributed by atoms with van der Waals surface area (Å²) in [4.78, 5) is 18.7. The number of carbonyl (C=O) groups excluding carboxylic acids is 1. The standard InChI is InChI=1S/C21H17N5OS2/c27-20(13-25-23-21(22-24-25)19-11-6-12-28-19)26-16-9-4-5-10-18(16)29-14-17(26)15-7-2-1-3-8-15/h1-12,17H,13-14H2/t17-/m1/s1. The zero-order valence-electron chi connectivity index (χ0n) is 15.4. The highest BCUT2D eigenvalue weighted by Crippen LogP contribution is 2.43. The Morgan fingerprint density at radius 1 is 1.03 bits per heavy atom. The van der Waals surface area contributed by atoms with Crippen molar-refractivity contribution in [2.45, 2.75) is 17.5 Å². The summed E-state index contributed by atoms with van der Waals surface area (Å²) in [5, 5.41) is 14.5. The fourth-order valence-electron chi connectivity index (χ4n) is 3.43.